The highest BCUT2D eigenvalue weighted by Gasteiger charge is 2.36. The van der Waals surface area contributed by atoms with Crippen molar-refractivity contribution in [1.29, 1.82) is 0 Å². The Labute approximate surface area is 377 Å². The topological polar surface area (TPSA) is 116 Å². The minimum absolute atomic E-state index is 0. The molecule has 2 aliphatic carbocycles. The molecule has 340 valence electrons. The number of ketones is 2. The van der Waals surface area contributed by atoms with Crippen LogP contribution in [0.4, 0.5) is 0 Å². The van der Waals surface area contributed by atoms with E-state index in [1.807, 2.05) is 139 Å². The average molecular weight is 861 g/mol. The molecule has 1 N–H and O–H groups in total. The van der Waals surface area contributed by atoms with Gasteiger partial charge < -0.3 is 19.3 Å². The molecule has 0 aliphatic heterocycles. The molecule has 4 aromatic rings. The first kappa shape index (κ1) is 53.4. The van der Waals surface area contributed by atoms with Crippen LogP contribution in [0.5, 0.6) is 11.5 Å². The van der Waals surface area contributed by atoms with Crippen molar-refractivity contribution in [3.8, 4) is 11.5 Å². The van der Waals surface area contributed by atoms with E-state index in [0.29, 0.717) is 24.3 Å². The Morgan fingerprint density at radius 3 is 1.19 bits per heavy atom. The van der Waals surface area contributed by atoms with Crippen molar-refractivity contribution >= 4 is 34.7 Å². The van der Waals surface area contributed by atoms with Crippen LogP contribution < -0.4 is 9.47 Å². The molecule has 0 unspecified atom stereocenters. The van der Waals surface area contributed by atoms with Gasteiger partial charge in [0.2, 0.25) is 0 Å². The van der Waals surface area contributed by atoms with Crippen molar-refractivity contribution in [2.75, 3.05) is 0 Å². The number of aliphatic carboxylic acids is 1. The van der Waals surface area contributed by atoms with Crippen LogP contribution in [-0.4, -0.2) is 45.4 Å². The number of carbonyl (C=O) groups excluding carboxylic acids is 3. The number of carboxylic acids is 1. The number of esters is 1. The fraction of sp³-hybridized carbons (Fsp3) is 0.418. The predicted molar refractivity (Wildman–Crippen MR) is 259 cm³/mol. The van der Waals surface area contributed by atoms with Gasteiger partial charge in [0.15, 0.2) is 22.8 Å². The van der Waals surface area contributed by atoms with Gasteiger partial charge in [-0.15, -0.1) is 0 Å². The lowest BCUT2D eigenvalue weighted by atomic mass is 9.85. The normalized spacial score (nSPS) is 13.0. The number of fused-ring (bicyclic) bond motifs is 2. The van der Waals surface area contributed by atoms with Crippen LogP contribution >= 0.6 is 0 Å². The Bertz CT molecular complexity index is 2350. The third-order valence-corrected chi connectivity index (χ3v) is 10.2. The number of aryl methyl sites for hydroxylation is 6. The zero-order chi connectivity index (χ0) is 47.1. The molecule has 0 radical (unpaired) electrons. The van der Waals surface area contributed by atoms with Gasteiger partial charge in [-0.2, -0.15) is 0 Å². The predicted octanol–water partition coefficient (Wildman–Crippen LogP) is 13.3. The summed E-state index contributed by atoms with van der Waals surface area (Å²) < 4.78 is 17.4. The van der Waals surface area contributed by atoms with Crippen LogP contribution in [0.3, 0.4) is 0 Å². The Kier molecular flexibility index (Phi) is 18.3. The number of carboxylic acid groups (broad SMARTS) is 1. The van der Waals surface area contributed by atoms with Crippen molar-refractivity contribution in [3.05, 3.63) is 140 Å². The molecular formula is C55H72O8. The highest BCUT2D eigenvalue weighted by molar-refractivity contribution is 6.12. The molecular weight excluding hydrogens is 789 g/mol. The largest absolute Gasteiger partial charge is 0.478 e. The molecule has 4 aromatic carbocycles. The van der Waals surface area contributed by atoms with E-state index in [2.05, 4.69) is 12.1 Å². The standard InChI is InChI=1S/C27H32O4.C23H24O4.2C2H6.CH4/c1-16-9-10-22-21(11-16)14-20(15-23(22)28)19-12-17(2)24(18(3)13-19)30-27(7,8)25(29)31-26(4,5)6;1-13-6-7-19-18(8-13)11-17(12-20(19)24)16-9-14(2)21(15(3)10-16)27-23(4,5)22(25)26;2*1-2;/h9-13,15H,14H2,1-8H3;6-10,12H,11H2,1-5H3,(H,25,26);2*1-2H3;1H4. The van der Waals surface area contributed by atoms with Crippen LogP contribution in [0.15, 0.2) is 72.8 Å². The van der Waals surface area contributed by atoms with Gasteiger partial charge >= 0.3 is 11.9 Å². The Hall–Kier alpha value is -5.76. The maximum atomic E-state index is 12.6. The first-order valence-electron chi connectivity index (χ1n) is 21.6. The van der Waals surface area contributed by atoms with Crippen molar-refractivity contribution in [3.63, 3.8) is 0 Å². The number of hydrogen-bond acceptors (Lipinski definition) is 7. The molecule has 8 nitrogen and oxygen atoms in total. The fourth-order valence-corrected chi connectivity index (χ4v) is 7.16. The molecule has 0 fully saturated rings. The minimum atomic E-state index is -1.31. The summed E-state index contributed by atoms with van der Waals surface area (Å²) in [5.41, 5.74) is 10.4. The maximum absolute atomic E-state index is 12.6. The highest BCUT2D eigenvalue weighted by atomic mass is 16.6. The number of allylic oxidation sites excluding steroid dienone is 4. The van der Waals surface area contributed by atoms with Gasteiger partial charge in [-0.3, -0.25) is 9.59 Å². The number of carbonyl (C=O) groups is 4. The molecule has 0 saturated heterocycles. The van der Waals surface area contributed by atoms with Gasteiger partial charge in [0.25, 0.3) is 0 Å². The summed E-state index contributed by atoms with van der Waals surface area (Å²) in [5, 5.41) is 9.32. The molecule has 63 heavy (non-hydrogen) atoms. The van der Waals surface area contributed by atoms with Crippen molar-refractivity contribution in [1.82, 2.24) is 0 Å². The summed E-state index contributed by atoms with van der Waals surface area (Å²) in [6, 6.07) is 19.8. The zero-order valence-electron chi connectivity index (χ0n) is 40.1. The minimum Gasteiger partial charge on any atom is -0.478 e. The molecule has 0 atom stereocenters. The average Bonchev–Trinajstić information content (AvgIpc) is 3.18. The monoisotopic (exact) mass is 861 g/mol. The van der Waals surface area contributed by atoms with Crippen LogP contribution in [0.2, 0.25) is 0 Å². The van der Waals surface area contributed by atoms with Gasteiger partial charge in [-0.25, -0.2) is 9.59 Å². The Balaban J connectivity index is 0.000000399. The van der Waals surface area contributed by atoms with Gasteiger partial charge in [0.05, 0.1) is 0 Å². The Morgan fingerprint density at radius 2 is 0.873 bits per heavy atom. The van der Waals surface area contributed by atoms with E-state index in [1.54, 1.807) is 26.0 Å². The van der Waals surface area contributed by atoms with Crippen LogP contribution in [0.25, 0.3) is 11.1 Å². The molecule has 0 amide bonds. The first-order valence-corrected chi connectivity index (χ1v) is 21.6. The lowest BCUT2D eigenvalue weighted by Gasteiger charge is -2.30. The molecule has 0 aromatic heterocycles. The number of rotatable bonds is 8. The van der Waals surface area contributed by atoms with Crippen molar-refractivity contribution in [2.45, 2.75) is 155 Å². The van der Waals surface area contributed by atoms with E-state index in [1.165, 1.54) is 13.8 Å². The Morgan fingerprint density at radius 1 is 0.540 bits per heavy atom. The second-order valence-electron chi connectivity index (χ2n) is 17.7. The van der Waals surface area contributed by atoms with Crippen molar-refractivity contribution < 1.29 is 38.5 Å². The second-order valence-corrected chi connectivity index (χ2v) is 17.7. The van der Waals surface area contributed by atoms with Crippen LogP contribution in [-0.2, 0) is 27.2 Å². The van der Waals surface area contributed by atoms with Gasteiger partial charge in [0, 0.05) is 11.1 Å². The van der Waals surface area contributed by atoms with Gasteiger partial charge in [-0.05, 0) is 195 Å². The molecule has 2 aliphatic rings. The molecule has 6 rings (SSSR count). The van der Waals surface area contributed by atoms with Crippen LogP contribution in [0, 0.1) is 41.5 Å². The van der Waals surface area contributed by atoms with E-state index in [9.17, 15) is 24.3 Å². The van der Waals surface area contributed by atoms with E-state index >= 15 is 0 Å². The molecule has 0 bridgehead atoms. The zero-order valence-corrected chi connectivity index (χ0v) is 40.1. The number of hydrogen-bond donors (Lipinski definition) is 1. The smallest absolute Gasteiger partial charge is 0.350 e. The number of benzene rings is 4. The summed E-state index contributed by atoms with van der Waals surface area (Å²) in [7, 11) is 0. The van der Waals surface area contributed by atoms with Gasteiger partial charge in [-0.1, -0.05) is 82.6 Å². The first-order chi connectivity index (χ1) is 28.8. The summed E-state index contributed by atoms with van der Waals surface area (Å²) in [6.07, 6.45) is 4.85. The lowest BCUT2D eigenvalue weighted by molar-refractivity contribution is -0.171. The summed E-state index contributed by atoms with van der Waals surface area (Å²) in [4.78, 5) is 49.1. The molecule has 0 heterocycles. The quantitative estimate of drug-likeness (QED) is 0.174. The van der Waals surface area contributed by atoms with E-state index in [0.717, 1.165) is 77.9 Å². The highest BCUT2D eigenvalue weighted by Crippen LogP contribution is 2.36. The third kappa shape index (κ3) is 13.4. The van der Waals surface area contributed by atoms with E-state index in [4.69, 9.17) is 14.2 Å². The fourth-order valence-electron chi connectivity index (χ4n) is 7.16. The van der Waals surface area contributed by atoms with Crippen molar-refractivity contribution in [2.24, 2.45) is 0 Å². The van der Waals surface area contributed by atoms with E-state index < -0.39 is 28.7 Å². The van der Waals surface area contributed by atoms with E-state index in [-0.39, 0.29) is 19.0 Å². The number of ether oxygens (including phenoxy) is 3. The molecule has 0 saturated carbocycles. The SMILES string of the molecule is C.CC.CC.Cc1ccc2c(c1)CC(c1cc(C)c(OC(C)(C)C(=O)O)c(C)c1)=CC2=O.Cc1ccc2c(c1)CC(c1cc(C)c(OC(C)(C)C(=O)OC(C)(C)C)c(C)c1)=CC2=O. The molecule has 8 heteroatoms. The lowest BCUT2D eigenvalue weighted by Crippen LogP contribution is -2.43. The summed E-state index contributed by atoms with van der Waals surface area (Å²) in [6.45, 7) is 31.8. The third-order valence-electron chi connectivity index (χ3n) is 10.2. The summed E-state index contributed by atoms with van der Waals surface area (Å²) in [5.74, 6) is -0.121. The summed E-state index contributed by atoms with van der Waals surface area (Å²) >= 11 is 0. The molecule has 0 spiro atoms. The van der Waals surface area contributed by atoms with Gasteiger partial charge in [0.1, 0.15) is 17.1 Å². The maximum Gasteiger partial charge on any atom is 0.350 e. The van der Waals surface area contributed by atoms with Crippen LogP contribution in [0.1, 0.15) is 160 Å². The second kappa shape index (κ2) is 21.5.